The molecule has 0 aliphatic carbocycles. The average Bonchev–Trinajstić information content (AvgIpc) is 2.34. The van der Waals surface area contributed by atoms with Gasteiger partial charge in [0.05, 0.1) is 17.5 Å². The third-order valence-electron chi connectivity index (χ3n) is 3.78. The van der Waals surface area contributed by atoms with Gasteiger partial charge in [0.2, 0.25) is 0 Å². The van der Waals surface area contributed by atoms with Gasteiger partial charge in [-0.15, -0.1) is 0 Å². The van der Waals surface area contributed by atoms with E-state index in [-0.39, 0.29) is 5.82 Å². The number of nitrogens with two attached hydrogens (primary N) is 1. The van der Waals surface area contributed by atoms with Gasteiger partial charge in [-0.1, -0.05) is 0 Å². The van der Waals surface area contributed by atoms with Gasteiger partial charge in [0.15, 0.2) is 0 Å². The SMILES string of the molecule is COC1CCN(c2cc(C)c(F)cc2N)C(C)C1. The lowest BCUT2D eigenvalue weighted by atomic mass is 9.99. The van der Waals surface area contributed by atoms with Gasteiger partial charge in [0.1, 0.15) is 5.82 Å². The van der Waals surface area contributed by atoms with Gasteiger partial charge >= 0.3 is 0 Å². The molecule has 2 N–H and O–H groups in total. The van der Waals surface area contributed by atoms with Crippen molar-refractivity contribution in [2.24, 2.45) is 0 Å². The van der Waals surface area contributed by atoms with Crippen LogP contribution in [0.3, 0.4) is 0 Å². The van der Waals surface area contributed by atoms with Crippen LogP contribution in [0.4, 0.5) is 15.8 Å². The lowest BCUT2D eigenvalue weighted by Crippen LogP contribution is -2.43. The number of halogens is 1. The lowest BCUT2D eigenvalue weighted by molar-refractivity contribution is 0.0721. The number of nitrogen functional groups attached to an aromatic ring is 1. The zero-order valence-corrected chi connectivity index (χ0v) is 11.2. The molecule has 100 valence electrons. The summed E-state index contributed by atoms with van der Waals surface area (Å²) in [5.74, 6) is -0.240. The number of hydrogen-bond acceptors (Lipinski definition) is 3. The molecule has 1 heterocycles. The van der Waals surface area contributed by atoms with Crippen molar-refractivity contribution in [2.75, 3.05) is 24.3 Å². The zero-order valence-electron chi connectivity index (χ0n) is 11.2. The molecule has 18 heavy (non-hydrogen) atoms. The number of hydrogen-bond donors (Lipinski definition) is 1. The molecule has 2 rings (SSSR count). The molecule has 0 aromatic heterocycles. The fraction of sp³-hybridized carbons (Fsp3) is 0.571. The fourth-order valence-corrected chi connectivity index (χ4v) is 2.63. The molecule has 1 fully saturated rings. The van der Waals surface area contributed by atoms with Crippen molar-refractivity contribution in [3.05, 3.63) is 23.5 Å². The Hall–Kier alpha value is -1.29. The molecule has 0 spiro atoms. The van der Waals surface area contributed by atoms with E-state index < -0.39 is 0 Å². The van der Waals surface area contributed by atoms with E-state index in [0.29, 0.717) is 23.4 Å². The third-order valence-corrected chi connectivity index (χ3v) is 3.78. The summed E-state index contributed by atoms with van der Waals surface area (Å²) < 4.78 is 18.8. The molecule has 4 heteroatoms. The minimum Gasteiger partial charge on any atom is -0.397 e. The first kappa shape index (κ1) is 13.1. The van der Waals surface area contributed by atoms with E-state index >= 15 is 0 Å². The van der Waals surface area contributed by atoms with Crippen LogP contribution in [-0.4, -0.2) is 25.8 Å². The van der Waals surface area contributed by atoms with E-state index in [0.717, 1.165) is 25.1 Å². The van der Waals surface area contributed by atoms with Gasteiger partial charge < -0.3 is 15.4 Å². The van der Waals surface area contributed by atoms with Gasteiger partial charge in [0.25, 0.3) is 0 Å². The van der Waals surface area contributed by atoms with Crippen LogP contribution in [0.15, 0.2) is 12.1 Å². The van der Waals surface area contributed by atoms with Crippen LogP contribution in [0.5, 0.6) is 0 Å². The molecule has 0 bridgehead atoms. The monoisotopic (exact) mass is 252 g/mol. The van der Waals surface area contributed by atoms with Crippen LogP contribution >= 0.6 is 0 Å². The molecular formula is C14H21FN2O. The Balaban J connectivity index is 2.24. The van der Waals surface area contributed by atoms with Gasteiger partial charge in [0, 0.05) is 19.7 Å². The number of anilines is 2. The summed E-state index contributed by atoms with van der Waals surface area (Å²) >= 11 is 0. The molecule has 1 saturated heterocycles. The van der Waals surface area contributed by atoms with Crippen LogP contribution in [0.1, 0.15) is 25.3 Å². The van der Waals surface area contributed by atoms with Crippen molar-refractivity contribution in [1.82, 2.24) is 0 Å². The van der Waals surface area contributed by atoms with Crippen molar-refractivity contribution in [2.45, 2.75) is 38.8 Å². The number of aryl methyl sites for hydroxylation is 1. The van der Waals surface area contributed by atoms with E-state index in [1.165, 1.54) is 6.07 Å². The Kier molecular flexibility index (Phi) is 3.76. The maximum Gasteiger partial charge on any atom is 0.128 e. The number of nitrogens with zero attached hydrogens (tertiary/aromatic N) is 1. The molecule has 0 radical (unpaired) electrons. The summed E-state index contributed by atoms with van der Waals surface area (Å²) in [5, 5.41) is 0. The van der Waals surface area contributed by atoms with Crippen LogP contribution in [0.2, 0.25) is 0 Å². The smallest absolute Gasteiger partial charge is 0.128 e. The molecule has 2 unspecified atom stereocenters. The number of piperidine rings is 1. The van der Waals surface area contributed by atoms with Gasteiger partial charge in [-0.3, -0.25) is 0 Å². The van der Waals surface area contributed by atoms with Crippen LogP contribution < -0.4 is 10.6 Å². The first-order chi connectivity index (χ1) is 8.52. The van der Waals surface area contributed by atoms with Gasteiger partial charge in [-0.2, -0.15) is 0 Å². The maximum atomic E-state index is 13.4. The molecule has 1 aliphatic heterocycles. The van der Waals surface area contributed by atoms with Crippen molar-refractivity contribution in [1.29, 1.82) is 0 Å². The molecule has 0 amide bonds. The van der Waals surface area contributed by atoms with E-state index in [9.17, 15) is 4.39 Å². The highest BCUT2D eigenvalue weighted by atomic mass is 19.1. The van der Waals surface area contributed by atoms with Crippen molar-refractivity contribution in [3.63, 3.8) is 0 Å². The summed E-state index contributed by atoms with van der Waals surface area (Å²) in [6.07, 6.45) is 2.28. The minimum absolute atomic E-state index is 0.240. The topological polar surface area (TPSA) is 38.5 Å². The molecule has 0 saturated carbocycles. The Labute approximate surface area is 108 Å². The summed E-state index contributed by atoms with van der Waals surface area (Å²) in [5.41, 5.74) is 8.03. The third kappa shape index (κ3) is 2.43. The average molecular weight is 252 g/mol. The largest absolute Gasteiger partial charge is 0.397 e. The summed E-state index contributed by atoms with van der Waals surface area (Å²) in [6.45, 7) is 4.82. The first-order valence-corrected chi connectivity index (χ1v) is 6.38. The van der Waals surface area contributed by atoms with Crippen LogP contribution in [-0.2, 0) is 4.74 Å². The van der Waals surface area contributed by atoms with Crippen molar-refractivity contribution >= 4 is 11.4 Å². The summed E-state index contributed by atoms with van der Waals surface area (Å²) in [7, 11) is 1.75. The second-order valence-corrected chi connectivity index (χ2v) is 5.08. The van der Waals surface area contributed by atoms with Crippen molar-refractivity contribution in [3.8, 4) is 0 Å². The molecule has 1 aromatic carbocycles. The number of rotatable bonds is 2. The summed E-state index contributed by atoms with van der Waals surface area (Å²) in [4.78, 5) is 2.25. The van der Waals surface area contributed by atoms with Gasteiger partial charge in [-0.25, -0.2) is 4.39 Å². The highest BCUT2D eigenvalue weighted by molar-refractivity contribution is 5.69. The summed E-state index contributed by atoms with van der Waals surface area (Å²) in [6, 6.07) is 3.62. The number of benzene rings is 1. The first-order valence-electron chi connectivity index (χ1n) is 6.38. The Bertz CT molecular complexity index is 436. The van der Waals surface area contributed by atoms with E-state index in [4.69, 9.17) is 10.5 Å². The Morgan fingerprint density at radius 3 is 2.78 bits per heavy atom. The second-order valence-electron chi connectivity index (χ2n) is 5.08. The highest BCUT2D eigenvalue weighted by Crippen LogP contribution is 2.32. The van der Waals surface area contributed by atoms with Crippen LogP contribution in [0, 0.1) is 12.7 Å². The van der Waals surface area contributed by atoms with Gasteiger partial charge in [-0.05, 0) is 44.4 Å². The predicted octanol–water partition coefficient (Wildman–Crippen LogP) is 2.72. The quantitative estimate of drug-likeness (QED) is 0.822. The normalized spacial score (nSPS) is 24.3. The van der Waals surface area contributed by atoms with E-state index in [2.05, 4.69) is 11.8 Å². The standard InChI is InChI=1S/C14H21FN2O/c1-9-6-14(13(16)8-12(9)15)17-5-4-11(18-3)7-10(17)2/h6,8,10-11H,4-5,7,16H2,1-3H3. The predicted molar refractivity (Wildman–Crippen MR) is 72.4 cm³/mol. The Morgan fingerprint density at radius 2 is 2.17 bits per heavy atom. The fourth-order valence-electron chi connectivity index (χ4n) is 2.63. The minimum atomic E-state index is -0.240. The van der Waals surface area contributed by atoms with E-state index in [1.807, 2.05) is 6.07 Å². The number of methoxy groups -OCH3 is 1. The highest BCUT2D eigenvalue weighted by Gasteiger charge is 2.26. The second kappa shape index (κ2) is 5.14. The zero-order chi connectivity index (χ0) is 13.3. The molecular weight excluding hydrogens is 231 g/mol. The molecule has 3 nitrogen and oxygen atoms in total. The molecule has 1 aliphatic rings. The maximum absolute atomic E-state index is 13.4. The van der Waals surface area contributed by atoms with E-state index in [1.54, 1.807) is 14.0 Å². The number of ether oxygens (including phenoxy) is 1. The van der Waals surface area contributed by atoms with Crippen molar-refractivity contribution < 1.29 is 9.13 Å². The lowest BCUT2D eigenvalue weighted by Gasteiger charge is -2.39. The molecule has 1 aromatic rings. The van der Waals surface area contributed by atoms with Crippen LogP contribution in [0.25, 0.3) is 0 Å². The Morgan fingerprint density at radius 1 is 1.44 bits per heavy atom. The molecule has 2 atom stereocenters.